The predicted octanol–water partition coefficient (Wildman–Crippen LogP) is 4.01. The van der Waals surface area contributed by atoms with Crippen LogP contribution in [0.2, 0.25) is 5.02 Å². The van der Waals surface area contributed by atoms with Gasteiger partial charge in [-0.15, -0.1) is 11.6 Å². The summed E-state index contributed by atoms with van der Waals surface area (Å²) < 4.78 is 13.6. The minimum atomic E-state index is -0.601. The van der Waals surface area contributed by atoms with Gasteiger partial charge in [-0.1, -0.05) is 30.5 Å². The molecule has 0 saturated heterocycles. The van der Waals surface area contributed by atoms with Crippen LogP contribution in [0, 0.1) is 11.7 Å². The quantitative estimate of drug-likeness (QED) is 0.840. The number of alkyl halides is 1. The van der Waals surface area contributed by atoms with Crippen molar-refractivity contribution in [3.8, 4) is 0 Å². The fourth-order valence-electron chi connectivity index (χ4n) is 2.42. The van der Waals surface area contributed by atoms with Crippen molar-refractivity contribution >= 4 is 29.1 Å². The molecule has 1 aliphatic carbocycles. The Morgan fingerprint density at radius 2 is 2.11 bits per heavy atom. The highest BCUT2D eigenvalue weighted by Gasteiger charge is 2.24. The summed E-state index contributed by atoms with van der Waals surface area (Å²) in [5, 5.41) is 2.95. The Balaban J connectivity index is 1.97. The molecule has 1 fully saturated rings. The van der Waals surface area contributed by atoms with Crippen molar-refractivity contribution in [1.29, 1.82) is 0 Å². The number of rotatable bonds is 3. The van der Waals surface area contributed by atoms with Crippen molar-refractivity contribution in [3.63, 3.8) is 0 Å². The molecule has 0 heterocycles. The Morgan fingerprint density at radius 1 is 1.37 bits per heavy atom. The van der Waals surface area contributed by atoms with Gasteiger partial charge in [0.25, 0.3) is 5.91 Å². The van der Waals surface area contributed by atoms with Crippen LogP contribution in [0.5, 0.6) is 0 Å². The first-order chi connectivity index (χ1) is 9.09. The third kappa shape index (κ3) is 3.61. The van der Waals surface area contributed by atoms with Crippen molar-refractivity contribution in [2.75, 3.05) is 6.54 Å². The van der Waals surface area contributed by atoms with Gasteiger partial charge in [0.2, 0.25) is 0 Å². The summed E-state index contributed by atoms with van der Waals surface area (Å²) in [5.74, 6) is -0.821. The standard InChI is InChI=1S/C14H16Cl2FNO/c15-10-5-2-1-4-9(10)8-18-14(19)13-11(16)6-3-7-12(13)17/h3,6-7,9-10H,1-2,4-5,8H2,(H,18,19). The average molecular weight is 304 g/mol. The van der Waals surface area contributed by atoms with E-state index >= 15 is 0 Å². The largest absolute Gasteiger partial charge is 0.352 e. The molecule has 1 N–H and O–H groups in total. The van der Waals surface area contributed by atoms with Gasteiger partial charge in [0.05, 0.1) is 10.6 Å². The number of nitrogens with one attached hydrogen (secondary N) is 1. The molecular formula is C14H16Cl2FNO. The molecule has 104 valence electrons. The van der Waals surface area contributed by atoms with Gasteiger partial charge in [0, 0.05) is 11.9 Å². The van der Waals surface area contributed by atoms with E-state index in [1.54, 1.807) is 0 Å². The van der Waals surface area contributed by atoms with Crippen LogP contribution in [0.1, 0.15) is 36.0 Å². The number of hydrogen-bond donors (Lipinski definition) is 1. The summed E-state index contributed by atoms with van der Waals surface area (Å²) >= 11 is 12.1. The molecule has 5 heteroatoms. The van der Waals surface area contributed by atoms with Crippen LogP contribution in [0.3, 0.4) is 0 Å². The lowest BCUT2D eigenvalue weighted by Gasteiger charge is -2.27. The van der Waals surface area contributed by atoms with Crippen LogP contribution in [0.15, 0.2) is 18.2 Å². The fourth-order valence-corrected chi connectivity index (χ4v) is 3.04. The van der Waals surface area contributed by atoms with E-state index in [1.165, 1.54) is 18.2 Å². The van der Waals surface area contributed by atoms with Crippen molar-refractivity contribution < 1.29 is 9.18 Å². The van der Waals surface area contributed by atoms with Crippen molar-refractivity contribution in [2.45, 2.75) is 31.1 Å². The highest BCUT2D eigenvalue weighted by Crippen LogP contribution is 2.28. The van der Waals surface area contributed by atoms with Gasteiger partial charge in [-0.25, -0.2) is 4.39 Å². The van der Waals surface area contributed by atoms with Crippen LogP contribution >= 0.6 is 23.2 Å². The Labute approximate surface area is 122 Å². The van der Waals surface area contributed by atoms with E-state index in [0.717, 1.165) is 25.7 Å². The maximum atomic E-state index is 13.6. The second-order valence-electron chi connectivity index (χ2n) is 4.87. The van der Waals surface area contributed by atoms with Crippen molar-refractivity contribution in [2.24, 2.45) is 5.92 Å². The second-order valence-corrected chi connectivity index (χ2v) is 5.83. The summed E-state index contributed by atoms with van der Waals surface area (Å²) in [6.45, 7) is 0.470. The highest BCUT2D eigenvalue weighted by atomic mass is 35.5. The first-order valence-electron chi connectivity index (χ1n) is 6.46. The monoisotopic (exact) mass is 303 g/mol. The SMILES string of the molecule is O=C(NCC1CCCCC1Cl)c1c(F)cccc1Cl. The van der Waals surface area contributed by atoms with Gasteiger partial charge in [0.1, 0.15) is 5.82 Å². The molecule has 2 unspecified atom stereocenters. The van der Waals surface area contributed by atoms with Gasteiger partial charge in [-0.05, 0) is 30.9 Å². The van der Waals surface area contributed by atoms with Crippen LogP contribution < -0.4 is 5.32 Å². The molecule has 0 radical (unpaired) electrons. The van der Waals surface area contributed by atoms with E-state index in [0.29, 0.717) is 6.54 Å². The van der Waals surface area contributed by atoms with E-state index < -0.39 is 11.7 Å². The Kier molecular flexibility index (Phi) is 5.06. The molecule has 1 saturated carbocycles. The summed E-state index contributed by atoms with van der Waals surface area (Å²) in [4.78, 5) is 12.0. The van der Waals surface area contributed by atoms with Crippen LogP contribution in [-0.4, -0.2) is 17.8 Å². The molecule has 0 bridgehead atoms. The molecule has 0 spiro atoms. The second kappa shape index (κ2) is 6.58. The lowest BCUT2D eigenvalue weighted by atomic mass is 9.88. The molecule has 2 rings (SSSR count). The molecule has 1 aromatic carbocycles. The lowest BCUT2D eigenvalue weighted by Crippen LogP contribution is -2.35. The number of hydrogen-bond acceptors (Lipinski definition) is 1. The number of halogens is 3. The molecule has 0 aliphatic heterocycles. The molecule has 19 heavy (non-hydrogen) atoms. The van der Waals surface area contributed by atoms with Crippen molar-refractivity contribution in [3.05, 3.63) is 34.6 Å². The highest BCUT2D eigenvalue weighted by molar-refractivity contribution is 6.33. The zero-order valence-electron chi connectivity index (χ0n) is 10.5. The molecule has 1 aliphatic rings. The summed E-state index contributed by atoms with van der Waals surface area (Å²) in [5.41, 5.74) is -0.0916. The first kappa shape index (κ1) is 14.6. The molecule has 0 aromatic heterocycles. The Hall–Kier alpha value is -0.800. The minimum absolute atomic E-state index is 0.0881. The third-order valence-electron chi connectivity index (χ3n) is 3.53. The maximum absolute atomic E-state index is 13.6. The molecule has 2 nitrogen and oxygen atoms in total. The zero-order valence-corrected chi connectivity index (χ0v) is 12.0. The molecule has 1 aromatic rings. The predicted molar refractivity (Wildman–Crippen MR) is 75.3 cm³/mol. The zero-order chi connectivity index (χ0) is 13.8. The van der Waals surface area contributed by atoms with Crippen LogP contribution in [-0.2, 0) is 0 Å². The normalized spacial score (nSPS) is 23.1. The molecule has 2 atom stereocenters. The van der Waals surface area contributed by atoms with Gasteiger partial charge < -0.3 is 5.32 Å². The van der Waals surface area contributed by atoms with Crippen LogP contribution in [0.25, 0.3) is 0 Å². The lowest BCUT2D eigenvalue weighted by molar-refractivity contribution is 0.0940. The van der Waals surface area contributed by atoms with Gasteiger partial charge in [-0.2, -0.15) is 0 Å². The topological polar surface area (TPSA) is 29.1 Å². The summed E-state index contributed by atoms with van der Waals surface area (Å²) in [6.07, 6.45) is 4.24. The Bertz CT molecular complexity index is 447. The van der Waals surface area contributed by atoms with E-state index in [1.807, 2.05) is 0 Å². The van der Waals surface area contributed by atoms with Crippen LogP contribution in [0.4, 0.5) is 4.39 Å². The van der Waals surface area contributed by atoms with E-state index in [2.05, 4.69) is 5.32 Å². The molecular weight excluding hydrogens is 288 g/mol. The fraction of sp³-hybridized carbons (Fsp3) is 0.500. The number of benzene rings is 1. The smallest absolute Gasteiger partial charge is 0.255 e. The maximum Gasteiger partial charge on any atom is 0.255 e. The number of amides is 1. The van der Waals surface area contributed by atoms with Gasteiger partial charge >= 0.3 is 0 Å². The summed E-state index contributed by atoms with van der Waals surface area (Å²) in [6, 6.07) is 4.21. The van der Waals surface area contributed by atoms with E-state index in [9.17, 15) is 9.18 Å². The molecule has 1 amide bonds. The van der Waals surface area contributed by atoms with E-state index in [4.69, 9.17) is 23.2 Å². The minimum Gasteiger partial charge on any atom is -0.352 e. The first-order valence-corrected chi connectivity index (χ1v) is 7.27. The number of carbonyl (C=O) groups excluding carboxylic acids is 1. The Morgan fingerprint density at radius 3 is 2.79 bits per heavy atom. The van der Waals surface area contributed by atoms with Crippen molar-refractivity contribution in [1.82, 2.24) is 5.32 Å². The third-order valence-corrected chi connectivity index (χ3v) is 4.42. The number of carbonyl (C=O) groups is 1. The summed E-state index contributed by atoms with van der Waals surface area (Å²) in [7, 11) is 0. The average Bonchev–Trinajstić information content (AvgIpc) is 2.37. The van der Waals surface area contributed by atoms with Gasteiger partial charge in [-0.3, -0.25) is 4.79 Å². The van der Waals surface area contributed by atoms with E-state index in [-0.39, 0.29) is 21.9 Å². The van der Waals surface area contributed by atoms with Gasteiger partial charge in [0.15, 0.2) is 0 Å².